The molecule has 0 radical (unpaired) electrons. The Morgan fingerprint density at radius 1 is 1.21 bits per heavy atom. The second-order valence-electron chi connectivity index (χ2n) is 4.95. The van der Waals surface area contributed by atoms with E-state index in [9.17, 15) is 19.2 Å². The fourth-order valence-corrected chi connectivity index (χ4v) is 1.84. The van der Waals surface area contributed by atoms with Gasteiger partial charge in [0, 0.05) is 13.1 Å². The highest BCUT2D eigenvalue weighted by Crippen LogP contribution is 2.07. The van der Waals surface area contributed by atoms with Gasteiger partial charge in [0.25, 0.3) is 5.91 Å². The molecule has 24 heavy (non-hydrogen) atoms. The van der Waals surface area contributed by atoms with Crippen molar-refractivity contribution in [2.75, 3.05) is 20.7 Å². The average molecular weight is 332 g/mol. The quantitative estimate of drug-likeness (QED) is 0.446. The zero-order valence-electron chi connectivity index (χ0n) is 13.8. The van der Waals surface area contributed by atoms with E-state index in [1.807, 2.05) is 18.2 Å². The molecule has 7 nitrogen and oxygen atoms in total. The highest BCUT2D eigenvalue weighted by Gasteiger charge is 2.29. The molecule has 0 bridgehead atoms. The predicted molar refractivity (Wildman–Crippen MR) is 87.9 cm³/mol. The van der Waals surface area contributed by atoms with Crippen molar-refractivity contribution in [3.63, 3.8) is 0 Å². The lowest BCUT2D eigenvalue weighted by atomic mass is 10.2. The standard InChI is InChI=1S/C17H20N2O5/c1-13(16(22)24-3)18(2)17(23)19(11-12-20)15(21)10-9-14-7-5-4-6-8-14/h4-10,12-13H,11H2,1-3H3/b10-9+. The number of hydrogen-bond donors (Lipinski definition) is 0. The third-order valence-electron chi connectivity index (χ3n) is 3.40. The van der Waals surface area contributed by atoms with Crippen LogP contribution in [0.15, 0.2) is 36.4 Å². The summed E-state index contributed by atoms with van der Waals surface area (Å²) in [5.74, 6) is -1.27. The first-order chi connectivity index (χ1) is 11.4. The third kappa shape index (κ3) is 5.05. The highest BCUT2D eigenvalue weighted by molar-refractivity contribution is 6.04. The minimum absolute atomic E-state index is 0.408. The zero-order chi connectivity index (χ0) is 18.1. The normalized spacial score (nSPS) is 11.6. The van der Waals surface area contributed by atoms with Crippen LogP contribution in [0.5, 0.6) is 0 Å². The van der Waals surface area contributed by atoms with Crippen molar-refractivity contribution in [1.29, 1.82) is 0 Å². The lowest BCUT2D eigenvalue weighted by Crippen LogP contribution is -2.50. The average Bonchev–Trinajstić information content (AvgIpc) is 2.62. The molecule has 1 rings (SSSR count). The summed E-state index contributed by atoms with van der Waals surface area (Å²) in [6.45, 7) is 1.06. The number of hydrogen-bond acceptors (Lipinski definition) is 5. The fourth-order valence-electron chi connectivity index (χ4n) is 1.84. The second-order valence-corrected chi connectivity index (χ2v) is 4.95. The number of rotatable bonds is 6. The van der Waals surface area contributed by atoms with E-state index in [0.717, 1.165) is 15.4 Å². The van der Waals surface area contributed by atoms with E-state index in [4.69, 9.17) is 0 Å². The van der Waals surface area contributed by atoms with Crippen LogP contribution in [0.3, 0.4) is 0 Å². The van der Waals surface area contributed by atoms with Gasteiger partial charge in [0.2, 0.25) is 0 Å². The SMILES string of the molecule is COC(=O)C(C)N(C)C(=O)N(CC=O)C(=O)/C=C/c1ccccc1. The van der Waals surface area contributed by atoms with Crippen LogP contribution in [0.4, 0.5) is 4.79 Å². The summed E-state index contributed by atoms with van der Waals surface area (Å²) in [4.78, 5) is 48.7. The van der Waals surface area contributed by atoms with Gasteiger partial charge >= 0.3 is 12.0 Å². The molecule has 7 heteroatoms. The third-order valence-corrected chi connectivity index (χ3v) is 3.40. The Morgan fingerprint density at radius 3 is 2.38 bits per heavy atom. The van der Waals surface area contributed by atoms with Gasteiger partial charge in [-0.15, -0.1) is 0 Å². The van der Waals surface area contributed by atoms with E-state index < -0.39 is 30.5 Å². The van der Waals surface area contributed by atoms with E-state index in [2.05, 4.69) is 4.74 Å². The molecule has 1 aromatic carbocycles. The van der Waals surface area contributed by atoms with Crippen LogP contribution in [0.2, 0.25) is 0 Å². The van der Waals surface area contributed by atoms with Crippen LogP contribution in [-0.4, -0.2) is 60.7 Å². The molecule has 1 atom stereocenters. The maximum absolute atomic E-state index is 12.4. The van der Waals surface area contributed by atoms with Crippen LogP contribution in [0.1, 0.15) is 12.5 Å². The molecule has 0 aromatic heterocycles. The largest absolute Gasteiger partial charge is 0.467 e. The molecule has 1 aromatic rings. The molecule has 0 aliphatic heterocycles. The number of likely N-dealkylation sites (N-methyl/N-ethyl adjacent to an activating group) is 1. The lowest BCUT2D eigenvalue weighted by molar-refractivity contribution is -0.145. The number of carbonyl (C=O) groups excluding carboxylic acids is 4. The molecule has 3 amide bonds. The van der Waals surface area contributed by atoms with E-state index >= 15 is 0 Å². The number of urea groups is 1. The van der Waals surface area contributed by atoms with Crippen molar-refractivity contribution in [2.24, 2.45) is 0 Å². The van der Waals surface area contributed by atoms with Gasteiger partial charge in [0.05, 0.1) is 13.7 Å². The van der Waals surface area contributed by atoms with E-state index in [-0.39, 0.29) is 0 Å². The molecule has 0 spiro atoms. The molecule has 1 unspecified atom stereocenters. The van der Waals surface area contributed by atoms with Gasteiger partial charge in [-0.05, 0) is 18.6 Å². The number of imide groups is 1. The minimum Gasteiger partial charge on any atom is -0.467 e. The number of aldehydes is 1. The van der Waals surface area contributed by atoms with Crippen LogP contribution >= 0.6 is 0 Å². The van der Waals surface area contributed by atoms with Crippen LogP contribution in [-0.2, 0) is 19.1 Å². The van der Waals surface area contributed by atoms with Crippen LogP contribution < -0.4 is 0 Å². The zero-order valence-corrected chi connectivity index (χ0v) is 13.8. The summed E-state index contributed by atoms with van der Waals surface area (Å²) in [6, 6.07) is 7.40. The second kappa shape index (κ2) is 9.24. The summed E-state index contributed by atoms with van der Waals surface area (Å²) >= 11 is 0. The first kappa shape index (κ1) is 19.1. The first-order valence-electron chi connectivity index (χ1n) is 7.25. The topological polar surface area (TPSA) is 84.0 Å². The molecule has 0 saturated heterocycles. The van der Waals surface area contributed by atoms with Crippen molar-refractivity contribution in [1.82, 2.24) is 9.80 Å². The molecular weight excluding hydrogens is 312 g/mol. The number of methoxy groups -OCH3 is 1. The van der Waals surface area contributed by atoms with Crippen molar-refractivity contribution >= 4 is 30.3 Å². The van der Waals surface area contributed by atoms with Crippen LogP contribution in [0, 0.1) is 0 Å². The Morgan fingerprint density at radius 2 is 1.83 bits per heavy atom. The molecule has 0 aliphatic carbocycles. The predicted octanol–water partition coefficient (Wildman–Crippen LogP) is 1.34. The summed E-state index contributed by atoms with van der Waals surface area (Å²) in [7, 11) is 2.56. The van der Waals surface area contributed by atoms with Gasteiger partial charge in [0.15, 0.2) is 0 Å². The maximum atomic E-state index is 12.4. The van der Waals surface area contributed by atoms with Crippen molar-refractivity contribution in [2.45, 2.75) is 13.0 Å². The summed E-state index contributed by atoms with van der Waals surface area (Å²) in [5, 5.41) is 0. The number of esters is 1. The van der Waals surface area contributed by atoms with E-state index in [1.54, 1.807) is 12.1 Å². The Hall–Kier alpha value is -2.96. The summed E-state index contributed by atoms with van der Waals surface area (Å²) in [5.41, 5.74) is 0.778. The van der Waals surface area contributed by atoms with Gasteiger partial charge in [-0.1, -0.05) is 30.3 Å². The number of nitrogens with zero attached hydrogens (tertiary/aromatic N) is 2. The number of amides is 3. The molecule has 128 valence electrons. The lowest BCUT2D eigenvalue weighted by Gasteiger charge is -2.27. The Bertz CT molecular complexity index is 627. The highest BCUT2D eigenvalue weighted by atomic mass is 16.5. The van der Waals surface area contributed by atoms with Gasteiger partial charge in [-0.25, -0.2) is 9.59 Å². The number of carbonyl (C=O) groups is 4. The van der Waals surface area contributed by atoms with Crippen molar-refractivity contribution < 1.29 is 23.9 Å². The number of ether oxygens (including phenoxy) is 1. The molecular formula is C17H20N2O5. The Kier molecular flexibility index (Phi) is 7.35. The minimum atomic E-state index is -0.887. The Balaban J connectivity index is 2.90. The van der Waals surface area contributed by atoms with Gasteiger partial charge < -0.3 is 14.4 Å². The summed E-state index contributed by atoms with van der Waals surface area (Å²) in [6.07, 6.45) is 3.19. The van der Waals surface area contributed by atoms with Crippen LogP contribution in [0.25, 0.3) is 6.08 Å². The summed E-state index contributed by atoms with van der Waals surface area (Å²) < 4.78 is 4.57. The molecule has 0 fully saturated rings. The first-order valence-corrected chi connectivity index (χ1v) is 7.25. The number of benzene rings is 1. The van der Waals surface area contributed by atoms with E-state index in [0.29, 0.717) is 6.29 Å². The van der Waals surface area contributed by atoms with E-state index in [1.165, 1.54) is 33.2 Å². The van der Waals surface area contributed by atoms with Crippen molar-refractivity contribution in [3.8, 4) is 0 Å². The smallest absolute Gasteiger partial charge is 0.328 e. The van der Waals surface area contributed by atoms with Gasteiger partial charge in [0.1, 0.15) is 12.3 Å². The van der Waals surface area contributed by atoms with Gasteiger partial charge in [-0.3, -0.25) is 9.69 Å². The molecule has 0 N–H and O–H groups in total. The Labute approximate surface area is 140 Å². The van der Waals surface area contributed by atoms with Crippen molar-refractivity contribution in [3.05, 3.63) is 42.0 Å². The molecule has 0 heterocycles. The molecule has 0 aliphatic rings. The maximum Gasteiger partial charge on any atom is 0.328 e. The van der Waals surface area contributed by atoms with Gasteiger partial charge in [-0.2, -0.15) is 0 Å². The molecule has 0 saturated carbocycles. The fraction of sp³-hybridized carbons (Fsp3) is 0.294. The monoisotopic (exact) mass is 332 g/mol.